The molecule has 0 unspecified atom stereocenters. The van der Waals surface area contributed by atoms with E-state index >= 15 is 0 Å². The van der Waals surface area contributed by atoms with E-state index in [0.29, 0.717) is 0 Å². The minimum absolute atomic E-state index is 0.735. The Labute approximate surface area is 122 Å². The fourth-order valence-electron chi connectivity index (χ4n) is 2.64. The van der Waals surface area contributed by atoms with E-state index in [1.165, 1.54) is 31.4 Å². The van der Waals surface area contributed by atoms with E-state index in [-0.39, 0.29) is 0 Å². The molecule has 0 atom stereocenters. The van der Waals surface area contributed by atoms with Crippen molar-refractivity contribution < 1.29 is 4.74 Å². The van der Waals surface area contributed by atoms with Crippen molar-refractivity contribution >= 4 is 11.4 Å². The Hall–Kier alpha value is -1.38. The molecule has 110 valence electrons. The smallest absolute Gasteiger partial charge is 0.144 e. The van der Waals surface area contributed by atoms with Gasteiger partial charge in [0.2, 0.25) is 0 Å². The number of nitrogens with two attached hydrogens (primary N) is 1. The Balaban J connectivity index is 1.76. The summed E-state index contributed by atoms with van der Waals surface area (Å²) in [5.41, 5.74) is 8.35. The number of hydrogen-bond donors (Lipinski definition) is 1. The molecule has 0 aliphatic heterocycles. The topological polar surface area (TPSA) is 38.5 Å². The maximum atomic E-state index is 6.35. The van der Waals surface area contributed by atoms with Gasteiger partial charge in [0, 0.05) is 13.1 Å². The van der Waals surface area contributed by atoms with Crippen LogP contribution in [-0.2, 0) is 0 Å². The van der Waals surface area contributed by atoms with E-state index in [9.17, 15) is 0 Å². The fraction of sp³-hybridized carbons (Fsp3) is 0.647. The first-order valence-corrected chi connectivity index (χ1v) is 8.04. The second-order valence-corrected chi connectivity index (χ2v) is 6.33. The van der Waals surface area contributed by atoms with Crippen LogP contribution < -0.4 is 15.4 Å². The number of nitrogens with zero attached hydrogens (tertiary/aromatic N) is 1. The largest absolute Gasteiger partial charge is 0.491 e. The minimum Gasteiger partial charge on any atom is -0.491 e. The molecule has 3 heteroatoms. The summed E-state index contributed by atoms with van der Waals surface area (Å²) in [7, 11) is 0. The molecule has 0 radical (unpaired) electrons. The molecule has 0 heterocycles. The van der Waals surface area contributed by atoms with E-state index < -0.39 is 0 Å². The van der Waals surface area contributed by atoms with Crippen LogP contribution in [0, 0.1) is 11.8 Å². The van der Waals surface area contributed by atoms with Crippen LogP contribution in [0.25, 0.3) is 0 Å². The molecule has 2 aliphatic carbocycles. The first-order chi connectivity index (χ1) is 9.78. The number of ether oxygens (including phenoxy) is 1. The maximum absolute atomic E-state index is 6.35. The van der Waals surface area contributed by atoms with Crippen molar-refractivity contribution in [3.05, 3.63) is 18.2 Å². The summed E-state index contributed by atoms with van der Waals surface area (Å²) in [5.74, 6) is 2.61. The van der Waals surface area contributed by atoms with Crippen LogP contribution in [0.1, 0.15) is 39.0 Å². The summed E-state index contributed by atoms with van der Waals surface area (Å²) in [6.45, 7) is 5.18. The highest BCUT2D eigenvalue weighted by molar-refractivity contribution is 5.74. The van der Waals surface area contributed by atoms with Crippen LogP contribution in [0.3, 0.4) is 0 Å². The monoisotopic (exact) mass is 274 g/mol. The van der Waals surface area contributed by atoms with E-state index in [2.05, 4.69) is 24.0 Å². The lowest BCUT2D eigenvalue weighted by atomic mass is 10.2. The lowest BCUT2D eigenvalue weighted by molar-refractivity contribution is 0.319. The van der Waals surface area contributed by atoms with Crippen molar-refractivity contribution in [1.82, 2.24) is 0 Å². The summed E-state index contributed by atoms with van der Waals surface area (Å²) in [6.07, 6.45) is 6.54. The highest BCUT2D eigenvalue weighted by Crippen LogP contribution is 2.39. The van der Waals surface area contributed by atoms with Crippen molar-refractivity contribution in [2.45, 2.75) is 39.0 Å². The van der Waals surface area contributed by atoms with E-state index in [0.717, 1.165) is 49.4 Å². The molecule has 2 saturated carbocycles. The molecule has 0 bridgehead atoms. The molecule has 0 aromatic heterocycles. The minimum atomic E-state index is 0.735. The van der Waals surface area contributed by atoms with Gasteiger partial charge in [-0.1, -0.05) is 13.0 Å². The van der Waals surface area contributed by atoms with Gasteiger partial charge in [-0.2, -0.15) is 0 Å². The lowest BCUT2D eigenvalue weighted by Crippen LogP contribution is -2.28. The predicted octanol–water partition coefficient (Wildman–Crippen LogP) is 3.68. The zero-order chi connectivity index (χ0) is 13.9. The number of para-hydroxylation sites is 1. The van der Waals surface area contributed by atoms with Gasteiger partial charge in [-0.3, -0.25) is 0 Å². The Morgan fingerprint density at radius 1 is 1.15 bits per heavy atom. The number of rotatable bonds is 8. The molecule has 1 aromatic rings. The summed E-state index contributed by atoms with van der Waals surface area (Å²) in [5, 5.41) is 0. The molecule has 2 aliphatic rings. The standard InChI is InChI=1S/C17H26N2O/c1-2-10-20-16-5-3-4-15(17(16)18)19(11-13-6-7-13)12-14-8-9-14/h3-5,13-14H,2,6-12,18H2,1H3. The van der Waals surface area contributed by atoms with Gasteiger partial charge in [0.25, 0.3) is 0 Å². The van der Waals surface area contributed by atoms with E-state index in [1.807, 2.05) is 6.07 Å². The van der Waals surface area contributed by atoms with Crippen LogP contribution >= 0.6 is 0 Å². The number of hydrogen-bond acceptors (Lipinski definition) is 3. The summed E-state index contributed by atoms with van der Waals surface area (Å²) in [6, 6.07) is 6.21. The molecule has 20 heavy (non-hydrogen) atoms. The van der Waals surface area contributed by atoms with Crippen molar-refractivity contribution in [2.75, 3.05) is 30.3 Å². The third-order valence-corrected chi connectivity index (χ3v) is 4.20. The van der Waals surface area contributed by atoms with Gasteiger partial charge >= 0.3 is 0 Å². The zero-order valence-electron chi connectivity index (χ0n) is 12.5. The van der Waals surface area contributed by atoms with Crippen LogP contribution in [0.2, 0.25) is 0 Å². The molecule has 1 aromatic carbocycles. The molecule has 2 N–H and O–H groups in total. The normalized spacial score (nSPS) is 18.1. The van der Waals surface area contributed by atoms with Gasteiger partial charge in [-0.25, -0.2) is 0 Å². The van der Waals surface area contributed by atoms with Gasteiger partial charge in [0.05, 0.1) is 18.0 Å². The fourth-order valence-corrected chi connectivity index (χ4v) is 2.64. The summed E-state index contributed by atoms with van der Waals surface area (Å²) < 4.78 is 5.77. The zero-order valence-corrected chi connectivity index (χ0v) is 12.5. The SMILES string of the molecule is CCCOc1cccc(N(CC2CC2)CC2CC2)c1N. The lowest BCUT2D eigenvalue weighted by Gasteiger charge is -2.27. The average Bonchev–Trinajstić information content (AvgIpc) is 3.32. The van der Waals surface area contributed by atoms with Crippen LogP contribution in [0.5, 0.6) is 5.75 Å². The Kier molecular flexibility index (Phi) is 4.04. The van der Waals surface area contributed by atoms with E-state index in [1.54, 1.807) is 0 Å². The molecule has 0 amide bonds. The first-order valence-electron chi connectivity index (χ1n) is 8.04. The van der Waals surface area contributed by atoms with Crippen molar-refractivity contribution in [3.63, 3.8) is 0 Å². The van der Waals surface area contributed by atoms with E-state index in [4.69, 9.17) is 10.5 Å². The molecule has 2 fully saturated rings. The molecule has 0 spiro atoms. The van der Waals surface area contributed by atoms with Crippen molar-refractivity contribution in [2.24, 2.45) is 11.8 Å². The molecule has 3 rings (SSSR count). The van der Waals surface area contributed by atoms with Crippen LogP contribution in [-0.4, -0.2) is 19.7 Å². The van der Waals surface area contributed by atoms with Gasteiger partial charge in [0.15, 0.2) is 0 Å². The summed E-state index contributed by atoms with van der Waals surface area (Å²) in [4.78, 5) is 2.50. The number of anilines is 2. The molecule has 3 nitrogen and oxygen atoms in total. The molecule has 0 saturated heterocycles. The maximum Gasteiger partial charge on any atom is 0.144 e. The van der Waals surface area contributed by atoms with Crippen molar-refractivity contribution in [3.8, 4) is 5.75 Å². The van der Waals surface area contributed by atoms with Gasteiger partial charge in [-0.05, 0) is 56.1 Å². The average molecular weight is 274 g/mol. The molecular weight excluding hydrogens is 248 g/mol. The van der Waals surface area contributed by atoms with Gasteiger partial charge < -0.3 is 15.4 Å². The van der Waals surface area contributed by atoms with Gasteiger partial charge in [-0.15, -0.1) is 0 Å². The third kappa shape index (κ3) is 3.38. The van der Waals surface area contributed by atoms with Crippen molar-refractivity contribution in [1.29, 1.82) is 0 Å². The Morgan fingerprint density at radius 3 is 2.35 bits per heavy atom. The van der Waals surface area contributed by atoms with Crippen LogP contribution in [0.4, 0.5) is 11.4 Å². The highest BCUT2D eigenvalue weighted by Gasteiger charge is 2.30. The third-order valence-electron chi connectivity index (χ3n) is 4.20. The highest BCUT2D eigenvalue weighted by atomic mass is 16.5. The van der Waals surface area contributed by atoms with Crippen LogP contribution in [0.15, 0.2) is 18.2 Å². The second-order valence-electron chi connectivity index (χ2n) is 6.33. The number of nitrogen functional groups attached to an aromatic ring is 1. The Morgan fingerprint density at radius 2 is 1.80 bits per heavy atom. The second kappa shape index (κ2) is 5.94. The quantitative estimate of drug-likeness (QED) is 0.735. The molecular formula is C17H26N2O. The Bertz CT molecular complexity index is 438. The summed E-state index contributed by atoms with van der Waals surface area (Å²) >= 11 is 0. The predicted molar refractivity (Wildman–Crippen MR) is 84.3 cm³/mol. The van der Waals surface area contributed by atoms with Gasteiger partial charge in [0.1, 0.15) is 5.75 Å². The number of benzene rings is 1. The first kappa shape index (κ1) is 13.6.